The van der Waals surface area contributed by atoms with E-state index in [0.717, 1.165) is 10.5 Å². The second-order valence-corrected chi connectivity index (χ2v) is 8.90. The Morgan fingerprint density at radius 1 is 1.03 bits per heavy atom. The molecule has 1 saturated heterocycles. The lowest BCUT2D eigenvalue weighted by Gasteiger charge is -2.26. The number of carbonyl (C=O) groups excluding carboxylic acids is 4. The molecular weight excluding hydrogens is 542 g/mol. The number of aryl methyl sites for hydroxylation is 1. The molecule has 0 atom stereocenters. The number of nitrogens with zero attached hydrogens (tertiary/aromatic N) is 1. The number of benzene rings is 3. The number of hydrogen-bond acceptors (Lipinski definition) is 6. The largest absolute Gasteiger partial charge is 0.497 e. The normalized spacial score (nSPS) is 14.4. The Labute approximate surface area is 221 Å². The van der Waals surface area contributed by atoms with E-state index in [1.165, 1.54) is 13.2 Å². The maximum Gasteiger partial charge on any atom is 0.335 e. The topological polar surface area (TPSA) is 114 Å². The van der Waals surface area contributed by atoms with Crippen LogP contribution in [-0.4, -0.2) is 37.5 Å². The average molecular weight is 564 g/mol. The fourth-order valence-electron chi connectivity index (χ4n) is 3.49. The van der Waals surface area contributed by atoms with Gasteiger partial charge in [-0.05, 0) is 83.0 Å². The molecule has 3 aromatic carbocycles. The van der Waals surface area contributed by atoms with E-state index >= 15 is 0 Å². The van der Waals surface area contributed by atoms with Gasteiger partial charge in [0, 0.05) is 5.69 Å². The second kappa shape index (κ2) is 11.1. The summed E-state index contributed by atoms with van der Waals surface area (Å²) in [6, 6.07) is 17.7. The van der Waals surface area contributed by atoms with Gasteiger partial charge < -0.3 is 14.8 Å². The van der Waals surface area contributed by atoms with Crippen molar-refractivity contribution in [2.45, 2.75) is 6.92 Å². The van der Waals surface area contributed by atoms with Gasteiger partial charge in [-0.1, -0.05) is 23.8 Å². The Morgan fingerprint density at radius 2 is 1.73 bits per heavy atom. The first-order chi connectivity index (χ1) is 17.7. The summed E-state index contributed by atoms with van der Waals surface area (Å²) >= 11 is 3.39. The monoisotopic (exact) mass is 563 g/mol. The van der Waals surface area contributed by atoms with Crippen molar-refractivity contribution in [3.8, 4) is 11.5 Å². The van der Waals surface area contributed by atoms with Crippen molar-refractivity contribution in [3.05, 3.63) is 87.9 Å². The van der Waals surface area contributed by atoms with E-state index in [0.29, 0.717) is 27.2 Å². The Morgan fingerprint density at radius 3 is 2.38 bits per heavy atom. The van der Waals surface area contributed by atoms with Crippen LogP contribution in [0.2, 0.25) is 0 Å². The lowest BCUT2D eigenvalue weighted by atomic mass is 10.1. The number of barbiturate groups is 1. The summed E-state index contributed by atoms with van der Waals surface area (Å²) in [6.45, 7) is 1.74. The third-order valence-corrected chi connectivity index (χ3v) is 6.01. The predicted octanol–water partition coefficient (Wildman–Crippen LogP) is 4.45. The molecule has 1 aliphatic rings. The molecular formula is C27H22BrN3O6. The Bertz CT molecular complexity index is 1400. The quantitative estimate of drug-likeness (QED) is 0.324. The maximum atomic E-state index is 13.1. The molecule has 37 heavy (non-hydrogen) atoms. The summed E-state index contributed by atoms with van der Waals surface area (Å²) in [5.74, 6) is -0.933. The van der Waals surface area contributed by atoms with Crippen molar-refractivity contribution in [3.63, 3.8) is 0 Å². The summed E-state index contributed by atoms with van der Waals surface area (Å²) in [4.78, 5) is 51.0. The molecule has 5 amide bonds. The van der Waals surface area contributed by atoms with Gasteiger partial charge in [-0.15, -0.1) is 0 Å². The number of methoxy groups -OCH3 is 1. The van der Waals surface area contributed by atoms with Gasteiger partial charge in [-0.3, -0.25) is 19.7 Å². The number of amides is 5. The molecule has 0 spiro atoms. The van der Waals surface area contributed by atoms with E-state index in [-0.39, 0.29) is 23.8 Å². The van der Waals surface area contributed by atoms with Crippen LogP contribution in [0.4, 0.5) is 16.2 Å². The minimum absolute atomic E-state index is 0.214. The number of hydrogen-bond donors (Lipinski definition) is 2. The molecule has 0 aliphatic carbocycles. The van der Waals surface area contributed by atoms with Crippen LogP contribution in [0.5, 0.6) is 11.5 Å². The zero-order chi connectivity index (χ0) is 26.5. The zero-order valence-electron chi connectivity index (χ0n) is 19.9. The fourth-order valence-corrected chi connectivity index (χ4v) is 4.00. The first kappa shape index (κ1) is 25.6. The predicted molar refractivity (Wildman–Crippen MR) is 141 cm³/mol. The van der Waals surface area contributed by atoms with E-state index in [9.17, 15) is 19.2 Å². The van der Waals surface area contributed by atoms with Crippen molar-refractivity contribution in [1.29, 1.82) is 0 Å². The van der Waals surface area contributed by atoms with E-state index in [2.05, 4.69) is 26.6 Å². The number of urea groups is 1. The number of carbonyl (C=O) groups is 4. The van der Waals surface area contributed by atoms with Crippen molar-refractivity contribution in [1.82, 2.24) is 5.32 Å². The van der Waals surface area contributed by atoms with Crippen molar-refractivity contribution in [2.75, 3.05) is 23.9 Å². The van der Waals surface area contributed by atoms with E-state index < -0.39 is 17.8 Å². The first-order valence-corrected chi connectivity index (χ1v) is 11.9. The average Bonchev–Trinajstić information content (AvgIpc) is 2.87. The molecule has 9 nitrogen and oxygen atoms in total. The lowest BCUT2D eigenvalue weighted by molar-refractivity contribution is -0.122. The van der Waals surface area contributed by atoms with Gasteiger partial charge in [-0.2, -0.15) is 0 Å². The molecule has 2 N–H and O–H groups in total. The standard InChI is InChI=1S/C27H22BrN3O6/c1-16-3-6-18(7-4-16)29-24(32)15-37-23-12-5-17(14-22(23)28)13-21-25(33)30-27(35)31(26(21)34)19-8-10-20(36-2)11-9-19/h3-14H,15H2,1-2H3,(H,29,32)(H,30,33,35)/b21-13+. The molecule has 188 valence electrons. The highest BCUT2D eigenvalue weighted by Gasteiger charge is 2.36. The minimum atomic E-state index is -0.842. The van der Waals surface area contributed by atoms with Gasteiger partial charge in [0.15, 0.2) is 6.61 Å². The number of anilines is 2. The molecule has 0 unspecified atom stereocenters. The minimum Gasteiger partial charge on any atom is -0.497 e. The van der Waals surface area contributed by atoms with Crippen molar-refractivity contribution >= 4 is 57.1 Å². The van der Waals surface area contributed by atoms with Gasteiger partial charge in [-0.25, -0.2) is 9.69 Å². The molecule has 0 aromatic heterocycles. The number of halogens is 1. The third kappa shape index (κ3) is 6.04. The lowest BCUT2D eigenvalue weighted by Crippen LogP contribution is -2.54. The maximum absolute atomic E-state index is 13.1. The highest BCUT2D eigenvalue weighted by atomic mass is 79.9. The number of rotatable bonds is 7. The van der Waals surface area contributed by atoms with Gasteiger partial charge in [0.25, 0.3) is 17.7 Å². The van der Waals surface area contributed by atoms with Crippen molar-refractivity contribution < 1.29 is 28.7 Å². The molecule has 4 rings (SSSR count). The van der Waals surface area contributed by atoms with Gasteiger partial charge in [0.1, 0.15) is 17.1 Å². The van der Waals surface area contributed by atoms with Crippen LogP contribution in [-0.2, 0) is 14.4 Å². The summed E-state index contributed by atoms with van der Waals surface area (Å²) in [5.41, 5.74) is 2.33. The van der Waals surface area contributed by atoms with Crippen molar-refractivity contribution in [2.24, 2.45) is 0 Å². The summed E-state index contributed by atoms with van der Waals surface area (Å²) in [6.07, 6.45) is 1.37. The van der Waals surface area contributed by atoms with Crippen LogP contribution in [0.3, 0.4) is 0 Å². The number of imide groups is 2. The zero-order valence-corrected chi connectivity index (χ0v) is 21.5. The molecule has 1 heterocycles. The fraction of sp³-hybridized carbons (Fsp3) is 0.111. The molecule has 1 aliphatic heterocycles. The molecule has 10 heteroatoms. The van der Waals surface area contributed by atoms with Crippen LogP contribution >= 0.6 is 15.9 Å². The van der Waals surface area contributed by atoms with Crippen LogP contribution in [0, 0.1) is 6.92 Å². The molecule has 0 saturated carbocycles. The van der Waals surface area contributed by atoms with E-state index in [1.54, 1.807) is 54.6 Å². The van der Waals surface area contributed by atoms with Crippen LogP contribution in [0.25, 0.3) is 6.08 Å². The van der Waals surface area contributed by atoms with Crippen LogP contribution in [0.15, 0.2) is 76.8 Å². The summed E-state index contributed by atoms with van der Waals surface area (Å²) in [5, 5.41) is 4.94. The SMILES string of the molecule is COc1ccc(N2C(=O)NC(=O)/C(=C\c3ccc(OCC(=O)Nc4ccc(C)cc4)c(Br)c3)C2=O)cc1. The molecule has 3 aromatic rings. The number of nitrogens with one attached hydrogen (secondary N) is 2. The molecule has 0 radical (unpaired) electrons. The Hall–Kier alpha value is -4.44. The highest BCUT2D eigenvalue weighted by molar-refractivity contribution is 9.10. The smallest absolute Gasteiger partial charge is 0.335 e. The molecule has 1 fully saturated rings. The number of ether oxygens (including phenoxy) is 2. The van der Waals surface area contributed by atoms with E-state index in [1.807, 2.05) is 19.1 Å². The third-order valence-electron chi connectivity index (χ3n) is 5.39. The van der Waals surface area contributed by atoms with Gasteiger partial charge in [0.05, 0.1) is 17.3 Å². The second-order valence-electron chi connectivity index (χ2n) is 8.05. The Balaban J connectivity index is 1.47. The summed E-state index contributed by atoms with van der Waals surface area (Å²) < 4.78 is 11.2. The van der Waals surface area contributed by atoms with Crippen LogP contribution < -0.4 is 25.0 Å². The van der Waals surface area contributed by atoms with Crippen LogP contribution in [0.1, 0.15) is 11.1 Å². The molecule has 0 bridgehead atoms. The van der Waals surface area contributed by atoms with Gasteiger partial charge in [0.2, 0.25) is 0 Å². The van der Waals surface area contributed by atoms with Gasteiger partial charge >= 0.3 is 6.03 Å². The Kier molecular flexibility index (Phi) is 7.69. The summed E-state index contributed by atoms with van der Waals surface area (Å²) in [7, 11) is 1.50. The van der Waals surface area contributed by atoms with E-state index in [4.69, 9.17) is 9.47 Å². The highest BCUT2D eigenvalue weighted by Crippen LogP contribution is 2.29. The first-order valence-electron chi connectivity index (χ1n) is 11.1.